The maximum Gasteiger partial charge on any atom is 0.230 e. The monoisotopic (exact) mass is 355 g/mol. The molecule has 0 unspecified atom stereocenters. The van der Waals surface area contributed by atoms with Crippen LogP contribution in [0.3, 0.4) is 0 Å². The van der Waals surface area contributed by atoms with Gasteiger partial charge in [-0.2, -0.15) is 0 Å². The molecule has 4 rings (SSSR count). The van der Waals surface area contributed by atoms with Gasteiger partial charge in [0.25, 0.3) is 0 Å². The Balaban J connectivity index is 1.73. The molecule has 26 heavy (non-hydrogen) atoms. The van der Waals surface area contributed by atoms with Gasteiger partial charge < -0.3 is 20.1 Å². The van der Waals surface area contributed by atoms with Crippen LogP contribution >= 0.6 is 0 Å². The van der Waals surface area contributed by atoms with Crippen LogP contribution in [-0.2, 0) is 11.2 Å². The number of aromatic amines is 1. The molecule has 0 bridgehead atoms. The number of H-pyrrole nitrogens is 1. The van der Waals surface area contributed by atoms with Crippen molar-refractivity contribution in [2.45, 2.75) is 12.5 Å². The first-order valence-electron chi connectivity index (χ1n) is 9.16. The lowest BCUT2D eigenvalue weighted by molar-refractivity contribution is -0.135. The highest BCUT2D eigenvalue weighted by Crippen LogP contribution is 2.40. The molecule has 0 saturated carbocycles. The van der Waals surface area contributed by atoms with E-state index in [4.69, 9.17) is 0 Å². The summed E-state index contributed by atoms with van der Waals surface area (Å²) >= 11 is 0. The molecule has 138 valence electrons. The van der Waals surface area contributed by atoms with Crippen molar-refractivity contribution in [3.8, 4) is 0 Å². The van der Waals surface area contributed by atoms with Crippen molar-refractivity contribution in [3.63, 3.8) is 0 Å². The summed E-state index contributed by atoms with van der Waals surface area (Å²) in [4.78, 5) is 20.1. The number of nitrogens with zero attached hydrogens (tertiary/aromatic N) is 2. The predicted molar refractivity (Wildman–Crippen MR) is 101 cm³/mol. The van der Waals surface area contributed by atoms with E-state index in [1.165, 1.54) is 22.1 Å². The molecule has 1 aromatic carbocycles. The van der Waals surface area contributed by atoms with Crippen LogP contribution in [0.5, 0.6) is 0 Å². The Morgan fingerprint density at radius 2 is 2.08 bits per heavy atom. The van der Waals surface area contributed by atoms with Gasteiger partial charge in [-0.25, -0.2) is 0 Å². The Kier molecular flexibility index (Phi) is 4.56. The number of aliphatic hydroxyl groups is 2. The highest BCUT2D eigenvalue weighted by atomic mass is 16.3. The fourth-order valence-corrected chi connectivity index (χ4v) is 4.41. The molecule has 1 amide bonds. The van der Waals surface area contributed by atoms with E-state index in [1.54, 1.807) is 4.90 Å². The number of rotatable bonds is 5. The minimum atomic E-state index is -0.264. The normalized spacial score (nSPS) is 22.2. The molecule has 0 spiro atoms. The van der Waals surface area contributed by atoms with Crippen molar-refractivity contribution in [1.82, 2.24) is 14.8 Å². The largest absolute Gasteiger partial charge is 0.395 e. The van der Waals surface area contributed by atoms with E-state index >= 15 is 0 Å². The van der Waals surface area contributed by atoms with Gasteiger partial charge in [0.2, 0.25) is 5.91 Å². The maximum absolute atomic E-state index is 13.0. The van der Waals surface area contributed by atoms with Crippen LogP contribution in [0.1, 0.15) is 11.1 Å². The van der Waals surface area contributed by atoms with Gasteiger partial charge in [0, 0.05) is 42.8 Å². The van der Waals surface area contributed by atoms with Crippen LogP contribution < -0.4 is 0 Å². The summed E-state index contributed by atoms with van der Waals surface area (Å²) in [6.07, 6.45) is 5.15. The minimum Gasteiger partial charge on any atom is -0.395 e. The number of carbonyl (C=O) groups is 1. The molecule has 2 aliphatic rings. The molecule has 0 fully saturated rings. The average Bonchev–Trinajstić information content (AvgIpc) is 3.06. The van der Waals surface area contributed by atoms with Gasteiger partial charge in [-0.05, 0) is 36.2 Å². The van der Waals surface area contributed by atoms with Crippen molar-refractivity contribution in [2.24, 2.45) is 5.92 Å². The third-order valence-corrected chi connectivity index (χ3v) is 5.64. The summed E-state index contributed by atoms with van der Waals surface area (Å²) in [6.45, 7) is 0.961. The van der Waals surface area contributed by atoms with Gasteiger partial charge in [-0.1, -0.05) is 18.2 Å². The van der Waals surface area contributed by atoms with E-state index in [9.17, 15) is 15.0 Å². The lowest BCUT2D eigenvalue weighted by atomic mass is 9.79. The minimum absolute atomic E-state index is 0.0297. The van der Waals surface area contributed by atoms with Crippen LogP contribution in [0.25, 0.3) is 16.5 Å². The summed E-state index contributed by atoms with van der Waals surface area (Å²) < 4.78 is 0. The lowest BCUT2D eigenvalue weighted by Gasteiger charge is -2.40. The maximum atomic E-state index is 13.0. The second kappa shape index (κ2) is 6.87. The Hall–Kier alpha value is -2.15. The van der Waals surface area contributed by atoms with Crippen LogP contribution in [0.4, 0.5) is 0 Å². The zero-order valence-corrected chi connectivity index (χ0v) is 15.0. The van der Waals surface area contributed by atoms with Crippen molar-refractivity contribution >= 4 is 22.4 Å². The number of likely N-dealkylation sites (N-methyl/N-ethyl adjacent to an activating group) is 1. The molecule has 2 heterocycles. The topological polar surface area (TPSA) is 79.8 Å². The number of benzene rings is 1. The lowest BCUT2D eigenvalue weighted by Crippen LogP contribution is -2.48. The molecule has 1 aromatic heterocycles. The fraction of sp³-hybridized carbons (Fsp3) is 0.450. The van der Waals surface area contributed by atoms with Crippen LogP contribution in [0.2, 0.25) is 0 Å². The van der Waals surface area contributed by atoms with Gasteiger partial charge in [0.1, 0.15) is 0 Å². The van der Waals surface area contributed by atoms with E-state index in [0.29, 0.717) is 6.54 Å². The fourth-order valence-electron chi connectivity index (χ4n) is 4.41. The molecule has 0 saturated heterocycles. The van der Waals surface area contributed by atoms with Crippen molar-refractivity contribution < 1.29 is 15.0 Å². The third-order valence-electron chi connectivity index (χ3n) is 5.64. The molecule has 1 aliphatic heterocycles. The summed E-state index contributed by atoms with van der Waals surface area (Å²) in [5.41, 5.74) is 4.88. The number of hydrogen-bond acceptors (Lipinski definition) is 4. The highest BCUT2D eigenvalue weighted by Gasteiger charge is 2.36. The molecule has 0 radical (unpaired) electrons. The Bertz CT molecular complexity index is 851. The first kappa shape index (κ1) is 17.3. The SMILES string of the molecule is CN1C[C@H](C(=O)N(CCO)CCO)C=C2c3cccc4[nH]cc(c34)C[C@H]21. The zero-order chi connectivity index (χ0) is 18.3. The smallest absolute Gasteiger partial charge is 0.230 e. The summed E-state index contributed by atoms with van der Waals surface area (Å²) in [5, 5.41) is 19.7. The number of fused-ring (bicyclic) bond motifs is 2. The molecule has 1 aliphatic carbocycles. The quantitative estimate of drug-likeness (QED) is 0.743. The molecule has 3 N–H and O–H groups in total. The summed E-state index contributed by atoms with van der Waals surface area (Å²) in [5.74, 6) is -0.293. The van der Waals surface area contributed by atoms with E-state index in [2.05, 4.69) is 47.4 Å². The second-order valence-corrected chi connectivity index (χ2v) is 7.20. The number of aromatic nitrogens is 1. The standard InChI is InChI=1S/C20H25N3O3/c1-22-12-14(20(26)23(5-7-24)6-8-25)9-16-15-3-2-4-17-19(15)13(11-21-17)10-18(16)22/h2-4,9,11,14,18,21,24-25H,5-8,10,12H2,1H3/t14-,18-/m1/s1. The molecule has 2 atom stereocenters. The number of carbonyl (C=O) groups excluding carboxylic acids is 1. The molecule has 6 nitrogen and oxygen atoms in total. The second-order valence-electron chi connectivity index (χ2n) is 7.20. The first-order valence-corrected chi connectivity index (χ1v) is 9.16. The zero-order valence-electron chi connectivity index (χ0n) is 15.0. The Morgan fingerprint density at radius 1 is 1.31 bits per heavy atom. The number of nitrogens with one attached hydrogen (secondary N) is 1. The Labute approximate surface area is 152 Å². The molecule has 2 aromatic rings. The Morgan fingerprint density at radius 3 is 2.81 bits per heavy atom. The van der Waals surface area contributed by atoms with E-state index in [1.807, 2.05) is 0 Å². The summed E-state index contributed by atoms with van der Waals surface area (Å²) in [7, 11) is 2.07. The van der Waals surface area contributed by atoms with Gasteiger partial charge in [-0.3, -0.25) is 9.69 Å². The molecule has 6 heteroatoms. The first-order chi connectivity index (χ1) is 12.6. The van der Waals surface area contributed by atoms with Gasteiger partial charge in [0.05, 0.1) is 19.1 Å². The van der Waals surface area contributed by atoms with Crippen molar-refractivity contribution in [1.29, 1.82) is 0 Å². The van der Waals surface area contributed by atoms with Gasteiger partial charge in [-0.15, -0.1) is 0 Å². The molecular formula is C20H25N3O3. The predicted octanol–water partition coefficient (Wildman–Crippen LogP) is 0.851. The van der Waals surface area contributed by atoms with E-state index in [-0.39, 0.29) is 44.2 Å². The van der Waals surface area contributed by atoms with Crippen molar-refractivity contribution in [2.75, 3.05) is 39.9 Å². The number of amides is 1. The van der Waals surface area contributed by atoms with Gasteiger partial charge >= 0.3 is 0 Å². The third kappa shape index (κ3) is 2.74. The molecular weight excluding hydrogens is 330 g/mol. The van der Waals surface area contributed by atoms with Crippen molar-refractivity contribution in [3.05, 3.63) is 41.6 Å². The van der Waals surface area contributed by atoms with Crippen LogP contribution in [-0.4, -0.2) is 76.8 Å². The van der Waals surface area contributed by atoms with Crippen LogP contribution in [0, 0.1) is 5.92 Å². The summed E-state index contributed by atoms with van der Waals surface area (Å²) in [6, 6.07) is 6.55. The van der Waals surface area contributed by atoms with Crippen LogP contribution in [0.15, 0.2) is 30.5 Å². The number of aliphatic hydroxyl groups excluding tert-OH is 2. The number of hydrogen-bond donors (Lipinski definition) is 3. The van der Waals surface area contributed by atoms with E-state index in [0.717, 1.165) is 11.9 Å². The highest BCUT2D eigenvalue weighted by molar-refractivity contribution is 5.99. The van der Waals surface area contributed by atoms with Gasteiger partial charge in [0.15, 0.2) is 0 Å². The van der Waals surface area contributed by atoms with E-state index < -0.39 is 0 Å². The average molecular weight is 355 g/mol.